The molecule has 0 aromatic heterocycles. The van der Waals surface area contributed by atoms with Crippen molar-refractivity contribution in [1.29, 1.82) is 0 Å². The van der Waals surface area contributed by atoms with Gasteiger partial charge in [-0.3, -0.25) is 9.69 Å². The molecule has 3 nitrogen and oxygen atoms in total. The van der Waals surface area contributed by atoms with E-state index in [4.69, 9.17) is 4.74 Å². The Kier molecular flexibility index (Phi) is 4.25. The van der Waals surface area contributed by atoms with Crippen molar-refractivity contribution in [1.82, 2.24) is 4.90 Å². The average Bonchev–Trinajstić information content (AvgIpc) is 2.41. The molecule has 1 heterocycles. The lowest BCUT2D eigenvalue weighted by Crippen LogP contribution is -2.41. The Bertz CT molecular complexity index is 456. The van der Waals surface area contributed by atoms with E-state index in [0.29, 0.717) is 0 Å². The quantitative estimate of drug-likeness (QED) is 0.783. The Morgan fingerprint density at radius 2 is 2.05 bits per heavy atom. The number of benzene rings is 1. The van der Waals surface area contributed by atoms with Crippen LogP contribution >= 0.6 is 0 Å². The zero-order valence-corrected chi connectivity index (χ0v) is 12.2. The van der Waals surface area contributed by atoms with Gasteiger partial charge < -0.3 is 4.74 Å². The first-order valence-corrected chi connectivity index (χ1v) is 6.92. The van der Waals surface area contributed by atoms with Crippen LogP contribution in [0.2, 0.25) is 0 Å². The molecule has 104 valence electrons. The predicted octanol–water partition coefficient (Wildman–Crippen LogP) is 2.66. The summed E-state index contributed by atoms with van der Waals surface area (Å²) < 4.78 is 5.02. The largest absolute Gasteiger partial charge is 0.469 e. The zero-order chi connectivity index (χ0) is 14.0. The molecule has 2 rings (SSSR count). The normalized spacial score (nSPS) is 21.0. The molecular weight excluding hydrogens is 238 g/mol. The number of fused-ring (bicyclic) bond motifs is 1. The van der Waals surface area contributed by atoms with Gasteiger partial charge in [-0.1, -0.05) is 38.1 Å². The Hall–Kier alpha value is -1.35. The highest BCUT2D eigenvalue weighted by atomic mass is 16.5. The van der Waals surface area contributed by atoms with Gasteiger partial charge in [0.2, 0.25) is 0 Å². The fourth-order valence-corrected chi connectivity index (χ4v) is 3.09. The summed E-state index contributed by atoms with van der Waals surface area (Å²) in [5, 5.41) is 0. The van der Waals surface area contributed by atoms with Gasteiger partial charge in [0, 0.05) is 12.6 Å². The third-order valence-electron chi connectivity index (χ3n) is 4.11. The molecular formula is C16H23NO2. The Balaban J connectivity index is 2.43. The summed E-state index contributed by atoms with van der Waals surface area (Å²) in [6, 6.07) is 8.57. The first kappa shape index (κ1) is 14.1. The molecule has 3 heteroatoms. The Labute approximate surface area is 115 Å². The van der Waals surface area contributed by atoms with Crippen LogP contribution in [0.1, 0.15) is 31.0 Å². The first-order valence-electron chi connectivity index (χ1n) is 6.92. The fraction of sp³-hybridized carbons (Fsp3) is 0.562. The van der Waals surface area contributed by atoms with Crippen molar-refractivity contribution in [3.63, 3.8) is 0 Å². The molecule has 0 saturated carbocycles. The molecule has 1 aromatic rings. The second-order valence-corrected chi connectivity index (χ2v) is 5.67. The van der Waals surface area contributed by atoms with Crippen LogP contribution in [-0.2, 0) is 16.0 Å². The molecule has 0 bridgehead atoms. The van der Waals surface area contributed by atoms with Gasteiger partial charge in [-0.2, -0.15) is 0 Å². The smallest absolute Gasteiger partial charge is 0.310 e. The van der Waals surface area contributed by atoms with Crippen molar-refractivity contribution >= 4 is 5.97 Å². The summed E-state index contributed by atoms with van der Waals surface area (Å²) in [7, 11) is 3.57. The van der Waals surface area contributed by atoms with E-state index < -0.39 is 0 Å². The van der Waals surface area contributed by atoms with E-state index in [2.05, 4.69) is 50.1 Å². The van der Waals surface area contributed by atoms with E-state index in [9.17, 15) is 4.79 Å². The number of hydrogen-bond acceptors (Lipinski definition) is 3. The number of carbonyl (C=O) groups excluding carboxylic acids is 1. The number of carbonyl (C=O) groups is 1. The van der Waals surface area contributed by atoms with Gasteiger partial charge in [0.1, 0.15) is 0 Å². The molecule has 2 unspecified atom stereocenters. The van der Waals surface area contributed by atoms with E-state index in [1.165, 1.54) is 18.2 Å². The highest BCUT2D eigenvalue weighted by molar-refractivity contribution is 5.74. The van der Waals surface area contributed by atoms with Crippen molar-refractivity contribution in [3.05, 3.63) is 35.4 Å². The van der Waals surface area contributed by atoms with Gasteiger partial charge >= 0.3 is 5.97 Å². The third-order valence-corrected chi connectivity index (χ3v) is 4.11. The maximum Gasteiger partial charge on any atom is 0.310 e. The lowest BCUT2D eigenvalue weighted by atomic mass is 9.79. The summed E-state index contributed by atoms with van der Waals surface area (Å²) in [6.45, 7) is 5.17. The van der Waals surface area contributed by atoms with Crippen LogP contribution < -0.4 is 0 Å². The second-order valence-electron chi connectivity index (χ2n) is 5.67. The van der Waals surface area contributed by atoms with Crippen LogP contribution in [0.25, 0.3) is 0 Å². The predicted molar refractivity (Wildman–Crippen MR) is 75.9 cm³/mol. The van der Waals surface area contributed by atoms with Gasteiger partial charge in [-0.15, -0.1) is 0 Å². The maximum absolute atomic E-state index is 12.2. The van der Waals surface area contributed by atoms with Crippen molar-refractivity contribution in [2.45, 2.75) is 26.3 Å². The van der Waals surface area contributed by atoms with E-state index in [1.54, 1.807) is 0 Å². The summed E-state index contributed by atoms with van der Waals surface area (Å²) in [6.07, 6.45) is 1.05. The Morgan fingerprint density at radius 1 is 1.37 bits per heavy atom. The summed E-state index contributed by atoms with van der Waals surface area (Å²) in [5.41, 5.74) is 2.64. The van der Waals surface area contributed by atoms with Crippen LogP contribution in [-0.4, -0.2) is 31.6 Å². The minimum atomic E-state index is -0.114. The van der Waals surface area contributed by atoms with Crippen LogP contribution in [0, 0.1) is 11.8 Å². The minimum Gasteiger partial charge on any atom is -0.469 e. The maximum atomic E-state index is 12.2. The SMILES string of the molecule is COC(=O)C(C(C)C)C1c2ccccc2CCN1C. The molecule has 0 saturated heterocycles. The van der Waals surface area contributed by atoms with Gasteiger partial charge in [-0.05, 0) is 30.5 Å². The van der Waals surface area contributed by atoms with Gasteiger partial charge in [0.15, 0.2) is 0 Å². The van der Waals surface area contributed by atoms with Crippen molar-refractivity contribution in [2.75, 3.05) is 20.7 Å². The molecule has 0 aliphatic carbocycles. The molecule has 19 heavy (non-hydrogen) atoms. The van der Waals surface area contributed by atoms with Crippen molar-refractivity contribution in [3.8, 4) is 0 Å². The van der Waals surface area contributed by atoms with Crippen LogP contribution in [0.5, 0.6) is 0 Å². The Morgan fingerprint density at radius 3 is 2.68 bits per heavy atom. The minimum absolute atomic E-state index is 0.108. The summed E-state index contributed by atoms with van der Waals surface area (Å²) in [4.78, 5) is 14.4. The molecule has 0 N–H and O–H groups in total. The van der Waals surface area contributed by atoms with Gasteiger partial charge in [0.25, 0.3) is 0 Å². The number of methoxy groups -OCH3 is 1. The standard InChI is InChI=1S/C16H23NO2/c1-11(2)14(16(18)19-4)15-13-8-6-5-7-12(13)9-10-17(15)3/h5-8,11,14-15H,9-10H2,1-4H3. The molecule has 1 aliphatic rings. The fourth-order valence-electron chi connectivity index (χ4n) is 3.09. The molecule has 0 amide bonds. The van der Waals surface area contributed by atoms with Crippen LogP contribution in [0.4, 0.5) is 0 Å². The van der Waals surface area contributed by atoms with E-state index in [0.717, 1.165) is 13.0 Å². The number of likely N-dealkylation sites (N-methyl/N-ethyl adjacent to an activating group) is 1. The van der Waals surface area contributed by atoms with Crippen LogP contribution in [0.15, 0.2) is 24.3 Å². The molecule has 0 fully saturated rings. The third kappa shape index (κ3) is 2.66. The van der Waals surface area contributed by atoms with Crippen molar-refractivity contribution in [2.24, 2.45) is 11.8 Å². The lowest BCUT2D eigenvalue weighted by molar-refractivity contribution is -0.150. The van der Waals surface area contributed by atoms with Gasteiger partial charge in [-0.25, -0.2) is 0 Å². The number of esters is 1. The molecule has 0 radical (unpaired) electrons. The highest BCUT2D eigenvalue weighted by Gasteiger charge is 2.38. The number of rotatable bonds is 3. The number of nitrogens with zero attached hydrogens (tertiary/aromatic N) is 1. The molecule has 1 aromatic carbocycles. The monoisotopic (exact) mass is 261 g/mol. The highest BCUT2D eigenvalue weighted by Crippen LogP contribution is 2.38. The number of ether oxygens (including phenoxy) is 1. The second kappa shape index (κ2) is 5.74. The van der Waals surface area contributed by atoms with Crippen molar-refractivity contribution < 1.29 is 9.53 Å². The lowest BCUT2D eigenvalue weighted by Gasteiger charge is -2.39. The van der Waals surface area contributed by atoms with E-state index >= 15 is 0 Å². The molecule has 0 spiro atoms. The van der Waals surface area contributed by atoms with Gasteiger partial charge in [0.05, 0.1) is 13.0 Å². The number of hydrogen-bond donors (Lipinski definition) is 0. The topological polar surface area (TPSA) is 29.5 Å². The summed E-state index contributed by atoms with van der Waals surface area (Å²) in [5.74, 6) is 0.0334. The average molecular weight is 261 g/mol. The van der Waals surface area contributed by atoms with Crippen LogP contribution in [0.3, 0.4) is 0 Å². The van der Waals surface area contributed by atoms with E-state index in [1.807, 2.05) is 0 Å². The zero-order valence-electron chi connectivity index (χ0n) is 12.2. The summed E-state index contributed by atoms with van der Waals surface area (Å²) >= 11 is 0. The van der Waals surface area contributed by atoms with E-state index in [-0.39, 0.29) is 23.8 Å². The molecule has 1 aliphatic heterocycles. The first-order chi connectivity index (χ1) is 9.06. The molecule has 2 atom stereocenters.